The van der Waals surface area contributed by atoms with Crippen molar-refractivity contribution in [2.45, 2.75) is 6.10 Å². The number of rotatable bonds is 2. The van der Waals surface area contributed by atoms with Crippen LogP contribution in [0.5, 0.6) is 0 Å². The summed E-state index contributed by atoms with van der Waals surface area (Å²) in [4.78, 5) is 10.9. The van der Waals surface area contributed by atoms with Crippen LogP contribution in [0.2, 0.25) is 5.02 Å². The van der Waals surface area contributed by atoms with Crippen LogP contribution in [0.1, 0.15) is 11.7 Å². The summed E-state index contributed by atoms with van der Waals surface area (Å²) in [7, 11) is 1.10. The van der Waals surface area contributed by atoms with E-state index in [1.54, 1.807) is 0 Å². The molecule has 0 aliphatic carbocycles. The van der Waals surface area contributed by atoms with E-state index in [1.807, 2.05) is 0 Å². The number of carbonyl (C=O) groups excluding carboxylic acids is 1. The van der Waals surface area contributed by atoms with Crippen LogP contribution in [0.25, 0.3) is 0 Å². The van der Waals surface area contributed by atoms with E-state index in [0.717, 1.165) is 13.2 Å². The van der Waals surface area contributed by atoms with Crippen LogP contribution in [-0.2, 0) is 9.53 Å². The number of hydrogen-bond acceptors (Lipinski definition) is 3. The number of hydrogen-bond donors (Lipinski definition) is 1. The number of aliphatic hydroxyl groups excluding tert-OH is 1. The van der Waals surface area contributed by atoms with Crippen molar-refractivity contribution in [2.24, 2.45) is 0 Å². The molecule has 1 atom stereocenters. The molecule has 1 unspecified atom stereocenters. The maximum atomic E-state index is 13.1. The predicted octanol–water partition coefficient (Wildman–Crippen LogP) is 1.69. The van der Waals surface area contributed by atoms with Crippen LogP contribution >= 0.6 is 11.6 Å². The van der Waals surface area contributed by atoms with E-state index in [9.17, 15) is 14.3 Å². The average molecular weight is 219 g/mol. The number of methoxy groups -OCH3 is 1. The molecule has 0 radical (unpaired) electrons. The Balaban J connectivity index is 3.11. The Hall–Kier alpha value is -1.13. The second-order valence-electron chi connectivity index (χ2n) is 2.56. The van der Waals surface area contributed by atoms with Gasteiger partial charge in [-0.2, -0.15) is 0 Å². The normalized spacial score (nSPS) is 12.3. The molecule has 0 aliphatic heterocycles. The summed E-state index contributed by atoms with van der Waals surface area (Å²) in [5.41, 5.74) is -0.263. The molecule has 76 valence electrons. The van der Waals surface area contributed by atoms with E-state index in [-0.39, 0.29) is 10.6 Å². The third-order valence-corrected chi connectivity index (χ3v) is 2.03. The third kappa shape index (κ3) is 2.02. The van der Waals surface area contributed by atoms with Crippen LogP contribution in [0.4, 0.5) is 4.39 Å². The fourth-order valence-corrected chi connectivity index (χ4v) is 1.27. The molecule has 1 aromatic carbocycles. The van der Waals surface area contributed by atoms with Crippen LogP contribution in [0.3, 0.4) is 0 Å². The van der Waals surface area contributed by atoms with E-state index in [2.05, 4.69) is 4.74 Å². The number of benzene rings is 1. The molecule has 0 heterocycles. The monoisotopic (exact) mass is 218 g/mol. The molecule has 0 spiro atoms. The molecule has 0 bridgehead atoms. The highest BCUT2D eigenvalue weighted by atomic mass is 35.5. The summed E-state index contributed by atoms with van der Waals surface area (Å²) < 4.78 is 17.4. The van der Waals surface area contributed by atoms with Gasteiger partial charge < -0.3 is 9.84 Å². The van der Waals surface area contributed by atoms with Crippen molar-refractivity contribution in [2.75, 3.05) is 7.11 Å². The predicted molar refractivity (Wildman–Crippen MR) is 48.4 cm³/mol. The van der Waals surface area contributed by atoms with E-state index < -0.39 is 17.9 Å². The first-order valence-electron chi connectivity index (χ1n) is 3.77. The van der Waals surface area contributed by atoms with E-state index in [4.69, 9.17) is 11.6 Å². The number of halogens is 2. The smallest absolute Gasteiger partial charge is 0.339 e. The summed E-state index contributed by atoms with van der Waals surface area (Å²) in [5.74, 6) is -1.69. The second kappa shape index (κ2) is 4.39. The van der Waals surface area contributed by atoms with Crippen molar-refractivity contribution < 1.29 is 19.0 Å². The SMILES string of the molecule is COC(=O)C(O)c1c(F)cccc1Cl. The maximum Gasteiger partial charge on any atom is 0.339 e. The molecule has 1 rings (SSSR count). The number of carbonyl (C=O) groups is 1. The van der Waals surface area contributed by atoms with Crippen molar-refractivity contribution in [3.8, 4) is 0 Å². The van der Waals surface area contributed by atoms with Crippen molar-refractivity contribution >= 4 is 17.6 Å². The first-order valence-corrected chi connectivity index (χ1v) is 4.15. The molecular formula is C9H8ClFO3. The van der Waals surface area contributed by atoms with Gasteiger partial charge in [-0.3, -0.25) is 0 Å². The van der Waals surface area contributed by atoms with Gasteiger partial charge in [0.05, 0.1) is 7.11 Å². The summed E-state index contributed by atoms with van der Waals surface area (Å²) in [5, 5.41) is 9.34. The first kappa shape index (κ1) is 10.9. The van der Waals surface area contributed by atoms with Gasteiger partial charge in [-0.05, 0) is 12.1 Å². The van der Waals surface area contributed by atoms with E-state index >= 15 is 0 Å². The molecule has 1 N–H and O–H groups in total. The summed E-state index contributed by atoms with van der Waals surface area (Å²) >= 11 is 5.62. The Bertz CT molecular complexity index is 334. The van der Waals surface area contributed by atoms with Crippen LogP contribution in [0, 0.1) is 5.82 Å². The summed E-state index contributed by atoms with van der Waals surface area (Å²) in [6.07, 6.45) is -1.69. The molecule has 0 saturated heterocycles. The van der Waals surface area contributed by atoms with E-state index in [1.165, 1.54) is 12.1 Å². The highest BCUT2D eigenvalue weighted by Crippen LogP contribution is 2.26. The molecule has 0 aliphatic rings. The van der Waals surface area contributed by atoms with Gasteiger partial charge in [0.25, 0.3) is 0 Å². The van der Waals surface area contributed by atoms with Gasteiger partial charge in [0.2, 0.25) is 0 Å². The summed E-state index contributed by atoms with van der Waals surface area (Å²) in [6.45, 7) is 0. The fraction of sp³-hybridized carbons (Fsp3) is 0.222. The number of esters is 1. The van der Waals surface area contributed by atoms with Crippen molar-refractivity contribution in [1.82, 2.24) is 0 Å². The number of aliphatic hydroxyl groups is 1. The zero-order valence-corrected chi connectivity index (χ0v) is 8.08. The highest BCUT2D eigenvalue weighted by molar-refractivity contribution is 6.31. The Morgan fingerprint density at radius 3 is 2.79 bits per heavy atom. The topological polar surface area (TPSA) is 46.5 Å². The lowest BCUT2D eigenvalue weighted by Gasteiger charge is -2.10. The number of ether oxygens (including phenoxy) is 1. The Labute approximate surface area is 85.1 Å². The molecule has 3 nitrogen and oxygen atoms in total. The highest BCUT2D eigenvalue weighted by Gasteiger charge is 2.23. The zero-order chi connectivity index (χ0) is 10.7. The van der Waals surface area contributed by atoms with Gasteiger partial charge in [-0.25, -0.2) is 9.18 Å². The van der Waals surface area contributed by atoms with Crippen molar-refractivity contribution in [3.05, 3.63) is 34.6 Å². The molecule has 0 amide bonds. The third-order valence-electron chi connectivity index (χ3n) is 1.70. The maximum absolute atomic E-state index is 13.1. The van der Waals surface area contributed by atoms with Gasteiger partial charge in [-0.1, -0.05) is 17.7 Å². The Morgan fingerprint density at radius 2 is 2.29 bits per heavy atom. The molecule has 1 aromatic rings. The lowest BCUT2D eigenvalue weighted by Crippen LogP contribution is -2.15. The van der Waals surface area contributed by atoms with Gasteiger partial charge in [0.1, 0.15) is 5.82 Å². The van der Waals surface area contributed by atoms with Crippen LogP contribution < -0.4 is 0 Å². The van der Waals surface area contributed by atoms with Gasteiger partial charge in [0.15, 0.2) is 6.10 Å². The molecule has 5 heteroatoms. The molecule has 0 aromatic heterocycles. The lowest BCUT2D eigenvalue weighted by molar-refractivity contribution is -0.150. The van der Waals surface area contributed by atoms with Gasteiger partial charge in [0, 0.05) is 10.6 Å². The minimum Gasteiger partial charge on any atom is -0.467 e. The van der Waals surface area contributed by atoms with Gasteiger partial charge >= 0.3 is 5.97 Å². The Morgan fingerprint density at radius 1 is 1.64 bits per heavy atom. The lowest BCUT2D eigenvalue weighted by atomic mass is 10.1. The molecule has 14 heavy (non-hydrogen) atoms. The van der Waals surface area contributed by atoms with Crippen LogP contribution in [0.15, 0.2) is 18.2 Å². The van der Waals surface area contributed by atoms with Crippen molar-refractivity contribution in [3.63, 3.8) is 0 Å². The van der Waals surface area contributed by atoms with E-state index in [0.29, 0.717) is 0 Å². The largest absolute Gasteiger partial charge is 0.467 e. The fourth-order valence-electron chi connectivity index (χ4n) is 1.00. The molecular weight excluding hydrogens is 211 g/mol. The van der Waals surface area contributed by atoms with Crippen molar-refractivity contribution in [1.29, 1.82) is 0 Å². The first-order chi connectivity index (χ1) is 6.57. The average Bonchev–Trinajstić information content (AvgIpc) is 2.16. The molecule has 0 fully saturated rings. The second-order valence-corrected chi connectivity index (χ2v) is 2.97. The minimum absolute atomic E-state index is 0.0112. The molecule has 0 saturated carbocycles. The quantitative estimate of drug-likeness (QED) is 0.769. The van der Waals surface area contributed by atoms with Gasteiger partial charge in [-0.15, -0.1) is 0 Å². The van der Waals surface area contributed by atoms with Crippen LogP contribution in [-0.4, -0.2) is 18.2 Å². The standard InChI is InChI=1S/C9H8ClFO3/c1-14-9(13)8(12)7-5(10)3-2-4-6(7)11/h2-4,8,12H,1H3. The summed E-state index contributed by atoms with van der Waals surface area (Å²) in [6, 6.07) is 3.87. The zero-order valence-electron chi connectivity index (χ0n) is 7.33. The Kier molecular flexibility index (Phi) is 3.43. The minimum atomic E-state index is -1.69.